The first kappa shape index (κ1) is 28.7. The number of hydrogen-bond acceptors (Lipinski definition) is 6. The topological polar surface area (TPSA) is 135 Å². The largest absolute Gasteiger partial charge is 0.340 e. The van der Waals surface area contributed by atoms with E-state index >= 15 is 0 Å². The molecule has 41 heavy (non-hydrogen) atoms. The molecule has 2 heterocycles. The van der Waals surface area contributed by atoms with Crippen molar-refractivity contribution in [2.75, 3.05) is 26.4 Å². The van der Waals surface area contributed by atoms with E-state index in [1.54, 1.807) is 28.6 Å². The third kappa shape index (κ3) is 5.67. The number of sulfone groups is 1. The molecule has 0 atom stereocenters. The maximum Gasteiger partial charge on any atom is 0.328 e. The Kier molecular flexibility index (Phi) is 7.58. The Morgan fingerprint density at radius 3 is 2.32 bits per heavy atom. The Morgan fingerprint density at radius 1 is 0.976 bits per heavy atom. The van der Waals surface area contributed by atoms with Crippen LogP contribution in [0.15, 0.2) is 76.5 Å². The van der Waals surface area contributed by atoms with E-state index in [0.29, 0.717) is 46.7 Å². The van der Waals surface area contributed by atoms with Gasteiger partial charge < -0.3 is 14.8 Å². The molecule has 0 bridgehead atoms. The highest BCUT2D eigenvalue weighted by Gasteiger charge is 2.32. The van der Waals surface area contributed by atoms with E-state index in [2.05, 4.69) is 5.32 Å². The van der Waals surface area contributed by atoms with Crippen LogP contribution >= 0.6 is 11.6 Å². The lowest BCUT2D eigenvalue weighted by Crippen LogP contribution is -2.40. The summed E-state index contributed by atoms with van der Waals surface area (Å²) in [5, 5.41) is 3.48. The number of fused-ring (bicyclic) bond motifs is 3. The van der Waals surface area contributed by atoms with Gasteiger partial charge in [-0.25, -0.2) is 26.4 Å². The first-order chi connectivity index (χ1) is 19.4. The zero-order valence-corrected chi connectivity index (χ0v) is 24.6. The molecule has 0 fully saturated rings. The molecule has 0 spiro atoms. The zero-order valence-electron chi connectivity index (χ0n) is 22.2. The average molecular weight is 615 g/mol. The smallest absolute Gasteiger partial charge is 0.328 e. The average Bonchev–Trinajstić information content (AvgIpc) is 3.25. The Bertz CT molecular complexity index is 1880. The second-order valence-electron chi connectivity index (χ2n) is 9.79. The molecule has 1 aliphatic heterocycles. The van der Waals surface area contributed by atoms with E-state index in [1.165, 1.54) is 30.5 Å². The van der Waals surface area contributed by atoms with Crippen LogP contribution in [0.25, 0.3) is 16.6 Å². The molecule has 13 heteroatoms. The van der Waals surface area contributed by atoms with Crippen molar-refractivity contribution in [2.24, 2.45) is 0 Å². The Hall–Kier alpha value is -3.87. The van der Waals surface area contributed by atoms with Crippen molar-refractivity contribution < 1.29 is 26.4 Å². The van der Waals surface area contributed by atoms with Gasteiger partial charge in [-0.1, -0.05) is 29.8 Å². The highest BCUT2D eigenvalue weighted by molar-refractivity contribution is 7.91. The van der Waals surface area contributed by atoms with Gasteiger partial charge in [-0.05, 0) is 72.5 Å². The van der Waals surface area contributed by atoms with Gasteiger partial charge in [-0.2, -0.15) is 0 Å². The standard InChI is InChI=1S/C28H27ClN4O6S2/c1-32-17-15-22-25-23(4-3-5-24(25)40(2,36)37)33(26(22)27(32)34)20-10-6-18(7-11-20)14-16-30-28(35)31-41(38,39)21-12-8-19(29)9-13-21/h3-13H,14-17H2,1-2H3,(H2,30,31,35). The second-order valence-corrected chi connectivity index (χ2v) is 13.9. The number of benzene rings is 3. The number of nitrogens with one attached hydrogen (secondary N) is 2. The molecule has 0 unspecified atom stereocenters. The fraction of sp³-hybridized carbons (Fsp3) is 0.214. The summed E-state index contributed by atoms with van der Waals surface area (Å²) in [7, 11) is -5.86. The van der Waals surface area contributed by atoms with Gasteiger partial charge in [0.1, 0.15) is 5.69 Å². The number of carbonyl (C=O) groups excluding carboxylic acids is 2. The summed E-state index contributed by atoms with van der Waals surface area (Å²) in [5.74, 6) is -0.185. The summed E-state index contributed by atoms with van der Waals surface area (Å²) in [6.45, 7) is 0.660. The molecule has 3 amide bonds. The van der Waals surface area contributed by atoms with Crippen LogP contribution in [0.2, 0.25) is 5.02 Å². The van der Waals surface area contributed by atoms with Crippen LogP contribution < -0.4 is 10.0 Å². The van der Waals surface area contributed by atoms with Gasteiger partial charge in [0.15, 0.2) is 9.84 Å². The lowest BCUT2D eigenvalue weighted by atomic mass is 10.0. The predicted molar refractivity (Wildman–Crippen MR) is 156 cm³/mol. The van der Waals surface area contributed by atoms with Crippen molar-refractivity contribution in [1.29, 1.82) is 0 Å². The van der Waals surface area contributed by atoms with E-state index in [4.69, 9.17) is 11.6 Å². The van der Waals surface area contributed by atoms with Crippen molar-refractivity contribution in [1.82, 2.24) is 19.5 Å². The fourth-order valence-electron chi connectivity index (χ4n) is 4.95. The summed E-state index contributed by atoms with van der Waals surface area (Å²) in [4.78, 5) is 27.2. The fourth-order valence-corrected chi connectivity index (χ4v) is 6.93. The third-order valence-electron chi connectivity index (χ3n) is 6.95. The monoisotopic (exact) mass is 614 g/mol. The van der Waals surface area contributed by atoms with Crippen molar-refractivity contribution in [3.63, 3.8) is 0 Å². The van der Waals surface area contributed by atoms with E-state index in [1.807, 2.05) is 35.1 Å². The normalized spacial score (nSPS) is 13.7. The van der Waals surface area contributed by atoms with Gasteiger partial charge in [0.25, 0.3) is 15.9 Å². The minimum atomic E-state index is -4.04. The molecule has 0 radical (unpaired) electrons. The highest BCUT2D eigenvalue weighted by Crippen LogP contribution is 2.37. The van der Waals surface area contributed by atoms with Gasteiger partial charge in [0.2, 0.25) is 0 Å². The number of nitrogens with zero attached hydrogens (tertiary/aromatic N) is 2. The lowest BCUT2D eigenvalue weighted by molar-refractivity contribution is 0.0773. The first-order valence-corrected chi connectivity index (χ1v) is 16.4. The Labute approximate surface area is 242 Å². The number of aromatic nitrogens is 1. The number of halogens is 1. The molecule has 5 rings (SSSR count). The van der Waals surface area contributed by atoms with Crippen molar-refractivity contribution in [3.05, 3.63) is 88.6 Å². The quantitative estimate of drug-likeness (QED) is 0.327. The summed E-state index contributed by atoms with van der Waals surface area (Å²) in [5.41, 5.74) is 3.35. The molecule has 4 aromatic rings. The first-order valence-electron chi connectivity index (χ1n) is 12.6. The van der Waals surface area contributed by atoms with Gasteiger partial charge in [-0.15, -0.1) is 0 Å². The molecule has 10 nitrogen and oxygen atoms in total. The number of rotatable bonds is 7. The summed E-state index contributed by atoms with van der Waals surface area (Å²) in [6, 6.07) is 17.0. The van der Waals surface area contributed by atoms with Gasteiger partial charge in [-0.3, -0.25) is 4.79 Å². The number of carbonyl (C=O) groups is 2. The van der Waals surface area contributed by atoms with E-state index in [0.717, 1.165) is 11.1 Å². The molecule has 2 N–H and O–H groups in total. The Morgan fingerprint density at radius 2 is 1.66 bits per heavy atom. The molecular weight excluding hydrogens is 588 g/mol. The van der Waals surface area contributed by atoms with E-state index in [-0.39, 0.29) is 22.2 Å². The summed E-state index contributed by atoms with van der Waals surface area (Å²) >= 11 is 5.79. The number of urea groups is 1. The molecule has 214 valence electrons. The minimum absolute atomic E-state index is 0.0827. The van der Waals surface area contributed by atoms with Crippen molar-refractivity contribution in [2.45, 2.75) is 22.6 Å². The van der Waals surface area contributed by atoms with Crippen molar-refractivity contribution >= 4 is 54.3 Å². The Balaban J connectivity index is 1.35. The zero-order chi connectivity index (χ0) is 29.5. The third-order valence-corrected chi connectivity index (χ3v) is 9.69. The lowest BCUT2D eigenvalue weighted by Gasteiger charge is -2.24. The maximum absolute atomic E-state index is 13.3. The molecular formula is C28H27ClN4O6S2. The molecule has 0 saturated carbocycles. The molecule has 0 saturated heterocycles. The molecule has 3 aromatic carbocycles. The van der Waals surface area contributed by atoms with Gasteiger partial charge in [0.05, 0.1) is 15.3 Å². The van der Waals surface area contributed by atoms with Crippen LogP contribution in [0, 0.1) is 0 Å². The van der Waals surface area contributed by atoms with Crippen LogP contribution in [0.4, 0.5) is 4.79 Å². The molecule has 1 aromatic heterocycles. The number of amides is 3. The number of likely N-dealkylation sites (N-methyl/N-ethyl adjacent to an activating group) is 1. The number of sulfonamides is 1. The summed E-state index contributed by atoms with van der Waals surface area (Å²) < 4.78 is 53.7. The summed E-state index contributed by atoms with van der Waals surface area (Å²) in [6.07, 6.45) is 2.12. The van der Waals surface area contributed by atoms with Gasteiger partial charge >= 0.3 is 6.03 Å². The van der Waals surface area contributed by atoms with E-state index < -0.39 is 25.9 Å². The van der Waals surface area contributed by atoms with Crippen LogP contribution in [-0.4, -0.2) is 64.6 Å². The van der Waals surface area contributed by atoms with Crippen LogP contribution in [0.5, 0.6) is 0 Å². The molecule has 0 aliphatic carbocycles. The maximum atomic E-state index is 13.3. The highest BCUT2D eigenvalue weighted by atomic mass is 35.5. The SMILES string of the molecule is CN1CCc2c(n(-c3ccc(CCNC(=O)NS(=O)(=O)c4ccc(Cl)cc4)cc3)c3cccc(S(C)(=O)=O)c23)C1=O. The number of hydrogen-bond donors (Lipinski definition) is 2. The second kappa shape index (κ2) is 10.8. The minimum Gasteiger partial charge on any atom is -0.340 e. The van der Waals surface area contributed by atoms with Crippen molar-refractivity contribution in [3.8, 4) is 5.69 Å². The van der Waals surface area contributed by atoms with Gasteiger partial charge in [0, 0.05) is 42.5 Å². The van der Waals surface area contributed by atoms with Crippen LogP contribution in [0.3, 0.4) is 0 Å². The van der Waals surface area contributed by atoms with E-state index in [9.17, 15) is 26.4 Å². The molecule has 1 aliphatic rings. The predicted octanol–water partition coefficient (Wildman–Crippen LogP) is 3.55. The van der Waals surface area contributed by atoms with Crippen LogP contribution in [0.1, 0.15) is 21.6 Å². The van der Waals surface area contributed by atoms with Crippen LogP contribution in [-0.2, 0) is 32.7 Å².